The predicted molar refractivity (Wildman–Crippen MR) is 93.6 cm³/mol. The Labute approximate surface area is 154 Å². The maximum atomic E-state index is 12.2. The lowest BCUT2D eigenvalue weighted by molar-refractivity contribution is -0.150. The largest absolute Gasteiger partial charge is 0.459 e. The number of pyridine rings is 1. The first-order valence-corrected chi connectivity index (χ1v) is 8.17. The van der Waals surface area contributed by atoms with Gasteiger partial charge in [-0.2, -0.15) is 0 Å². The summed E-state index contributed by atoms with van der Waals surface area (Å²) in [6.45, 7) is 2.97. The van der Waals surface area contributed by atoms with Gasteiger partial charge in [0.15, 0.2) is 12.4 Å². The number of rotatable bonds is 7. The van der Waals surface area contributed by atoms with Crippen LogP contribution in [0.25, 0.3) is 0 Å². The number of nitrogens with zero attached hydrogens (tertiary/aromatic N) is 1. The summed E-state index contributed by atoms with van der Waals surface area (Å²) in [5.41, 5.74) is 0. The van der Waals surface area contributed by atoms with Gasteiger partial charge in [-0.15, -0.1) is 0 Å². The standard InChI is InChI=1S/C17H18ClN3O5/c1-10(2)15(21-16(23)12-4-3-7-25-12)17(24)26-9-14(22)20-13-6-5-11(18)8-19-13/h3-8,10,15H,9H2,1-2H3,(H,21,23)(H,19,20,22)/t15-/m0/s1. The van der Waals surface area contributed by atoms with Crippen LogP contribution in [0.15, 0.2) is 41.1 Å². The van der Waals surface area contributed by atoms with Crippen LogP contribution in [0.5, 0.6) is 0 Å². The van der Waals surface area contributed by atoms with E-state index in [4.69, 9.17) is 20.8 Å². The highest BCUT2D eigenvalue weighted by Gasteiger charge is 2.27. The summed E-state index contributed by atoms with van der Waals surface area (Å²) < 4.78 is 9.98. The lowest BCUT2D eigenvalue weighted by Crippen LogP contribution is -2.45. The van der Waals surface area contributed by atoms with Crippen LogP contribution >= 0.6 is 11.6 Å². The molecular formula is C17H18ClN3O5. The molecule has 2 heterocycles. The molecule has 0 bridgehead atoms. The zero-order chi connectivity index (χ0) is 19.1. The van der Waals surface area contributed by atoms with Crippen LogP contribution in [0.3, 0.4) is 0 Å². The van der Waals surface area contributed by atoms with E-state index in [0.717, 1.165) is 0 Å². The molecule has 0 aromatic carbocycles. The number of hydrogen-bond donors (Lipinski definition) is 2. The van der Waals surface area contributed by atoms with Crippen molar-refractivity contribution in [1.29, 1.82) is 0 Å². The van der Waals surface area contributed by atoms with Gasteiger partial charge in [-0.05, 0) is 30.2 Å². The topological polar surface area (TPSA) is 111 Å². The molecule has 26 heavy (non-hydrogen) atoms. The monoisotopic (exact) mass is 379 g/mol. The van der Waals surface area contributed by atoms with Gasteiger partial charge in [0.1, 0.15) is 11.9 Å². The maximum absolute atomic E-state index is 12.2. The van der Waals surface area contributed by atoms with E-state index in [1.807, 2.05) is 0 Å². The van der Waals surface area contributed by atoms with Gasteiger partial charge < -0.3 is 19.8 Å². The summed E-state index contributed by atoms with van der Waals surface area (Å²) in [7, 11) is 0. The molecule has 0 aliphatic carbocycles. The number of carbonyl (C=O) groups excluding carboxylic acids is 3. The first kappa shape index (κ1) is 19.5. The summed E-state index contributed by atoms with van der Waals surface area (Å²) in [6.07, 6.45) is 2.73. The molecule has 8 nitrogen and oxygen atoms in total. The second-order valence-electron chi connectivity index (χ2n) is 5.69. The molecule has 2 N–H and O–H groups in total. The van der Waals surface area contributed by atoms with Crippen molar-refractivity contribution in [2.24, 2.45) is 5.92 Å². The molecule has 1 atom stereocenters. The van der Waals surface area contributed by atoms with E-state index >= 15 is 0 Å². The first-order valence-electron chi connectivity index (χ1n) is 7.79. The number of ether oxygens (including phenoxy) is 1. The minimum atomic E-state index is -0.922. The second kappa shape index (κ2) is 9.00. The highest BCUT2D eigenvalue weighted by atomic mass is 35.5. The number of halogens is 1. The molecule has 0 fully saturated rings. The Morgan fingerprint density at radius 2 is 2.04 bits per heavy atom. The number of furan rings is 1. The summed E-state index contributed by atoms with van der Waals surface area (Å²) in [5.74, 6) is -1.72. The molecule has 2 aromatic heterocycles. The van der Waals surface area contributed by atoms with Gasteiger partial charge in [-0.1, -0.05) is 25.4 Å². The Bertz CT molecular complexity index is 759. The normalized spacial score (nSPS) is 11.7. The molecule has 0 aliphatic rings. The van der Waals surface area contributed by atoms with Crippen LogP contribution in [0.2, 0.25) is 5.02 Å². The number of hydrogen-bond acceptors (Lipinski definition) is 6. The van der Waals surface area contributed by atoms with E-state index in [9.17, 15) is 14.4 Å². The smallest absolute Gasteiger partial charge is 0.329 e. The Morgan fingerprint density at radius 3 is 2.62 bits per heavy atom. The van der Waals surface area contributed by atoms with E-state index < -0.39 is 30.4 Å². The summed E-state index contributed by atoms with van der Waals surface area (Å²) in [5, 5.41) is 5.43. The van der Waals surface area contributed by atoms with E-state index in [0.29, 0.717) is 5.02 Å². The van der Waals surface area contributed by atoms with Crippen molar-refractivity contribution in [2.75, 3.05) is 11.9 Å². The molecule has 2 aromatic rings. The Hall–Kier alpha value is -2.87. The molecule has 0 saturated carbocycles. The van der Waals surface area contributed by atoms with Crippen LogP contribution in [0, 0.1) is 5.92 Å². The quantitative estimate of drug-likeness (QED) is 0.714. The third kappa shape index (κ3) is 5.59. The molecule has 0 saturated heterocycles. The van der Waals surface area contributed by atoms with Gasteiger partial charge in [0.25, 0.3) is 11.8 Å². The van der Waals surface area contributed by atoms with Crippen molar-refractivity contribution in [1.82, 2.24) is 10.3 Å². The minimum absolute atomic E-state index is 0.0787. The lowest BCUT2D eigenvalue weighted by atomic mass is 10.0. The van der Waals surface area contributed by atoms with E-state index in [1.54, 1.807) is 26.0 Å². The molecule has 9 heteroatoms. The van der Waals surface area contributed by atoms with Gasteiger partial charge in [0, 0.05) is 6.20 Å². The van der Waals surface area contributed by atoms with Crippen LogP contribution in [-0.2, 0) is 14.3 Å². The molecule has 0 radical (unpaired) electrons. The third-order valence-electron chi connectivity index (χ3n) is 3.29. The molecule has 2 amide bonds. The maximum Gasteiger partial charge on any atom is 0.329 e. The van der Waals surface area contributed by atoms with Crippen molar-refractivity contribution in [3.05, 3.63) is 47.5 Å². The Kier molecular flexibility index (Phi) is 6.74. The number of nitrogens with one attached hydrogen (secondary N) is 2. The molecule has 138 valence electrons. The van der Waals surface area contributed by atoms with Crippen LogP contribution in [-0.4, -0.2) is 35.4 Å². The van der Waals surface area contributed by atoms with E-state index in [2.05, 4.69) is 15.6 Å². The Balaban J connectivity index is 1.87. The fourth-order valence-electron chi connectivity index (χ4n) is 1.97. The van der Waals surface area contributed by atoms with Crippen molar-refractivity contribution in [2.45, 2.75) is 19.9 Å². The highest BCUT2D eigenvalue weighted by molar-refractivity contribution is 6.30. The zero-order valence-electron chi connectivity index (χ0n) is 14.2. The van der Waals surface area contributed by atoms with Crippen molar-refractivity contribution < 1.29 is 23.5 Å². The average Bonchev–Trinajstić information content (AvgIpc) is 3.14. The zero-order valence-corrected chi connectivity index (χ0v) is 14.9. The molecule has 0 spiro atoms. The first-order chi connectivity index (χ1) is 12.4. The van der Waals surface area contributed by atoms with Gasteiger partial charge in [0.05, 0.1) is 11.3 Å². The number of aromatic nitrogens is 1. The summed E-state index contributed by atoms with van der Waals surface area (Å²) in [6, 6.07) is 5.20. The van der Waals surface area contributed by atoms with Crippen LogP contribution < -0.4 is 10.6 Å². The highest BCUT2D eigenvalue weighted by Crippen LogP contribution is 2.10. The summed E-state index contributed by atoms with van der Waals surface area (Å²) >= 11 is 5.71. The van der Waals surface area contributed by atoms with Crippen LogP contribution in [0.4, 0.5) is 5.82 Å². The van der Waals surface area contributed by atoms with Crippen LogP contribution in [0.1, 0.15) is 24.4 Å². The molecule has 0 aliphatic heterocycles. The van der Waals surface area contributed by atoms with Gasteiger partial charge in [-0.25, -0.2) is 9.78 Å². The van der Waals surface area contributed by atoms with Crippen molar-refractivity contribution in [3.8, 4) is 0 Å². The van der Waals surface area contributed by atoms with Gasteiger partial charge >= 0.3 is 5.97 Å². The number of esters is 1. The van der Waals surface area contributed by atoms with Gasteiger partial charge in [0.2, 0.25) is 0 Å². The predicted octanol–water partition coefficient (Wildman–Crippen LogP) is 2.26. The lowest BCUT2D eigenvalue weighted by Gasteiger charge is -2.20. The SMILES string of the molecule is CC(C)[C@H](NC(=O)c1ccco1)C(=O)OCC(=O)Nc1ccc(Cl)cn1. The molecule has 2 rings (SSSR count). The van der Waals surface area contributed by atoms with Gasteiger partial charge in [-0.3, -0.25) is 9.59 Å². The third-order valence-corrected chi connectivity index (χ3v) is 3.52. The summed E-state index contributed by atoms with van der Waals surface area (Å²) in [4.78, 5) is 40.0. The number of amides is 2. The Morgan fingerprint density at radius 1 is 1.27 bits per heavy atom. The van der Waals surface area contributed by atoms with Crippen molar-refractivity contribution in [3.63, 3.8) is 0 Å². The fourth-order valence-corrected chi connectivity index (χ4v) is 2.08. The van der Waals surface area contributed by atoms with E-state index in [-0.39, 0.29) is 17.5 Å². The van der Waals surface area contributed by atoms with E-state index in [1.165, 1.54) is 24.6 Å². The molecule has 0 unspecified atom stereocenters. The minimum Gasteiger partial charge on any atom is -0.459 e. The average molecular weight is 380 g/mol. The molecular weight excluding hydrogens is 362 g/mol. The van der Waals surface area contributed by atoms with Crippen molar-refractivity contribution >= 4 is 35.2 Å². The number of anilines is 1. The number of carbonyl (C=O) groups is 3. The second-order valence-corrected chi connectivity index (χ2v) is 6.13. The fraction of sp³-hybridized carbons (Fsp3) is 0.294.